The van der Waals surface area contributed by atoms with Crippen LogP contribution in [-0.2, 0) is 24.2 Å². The van der Waals surface area contributed by atoms with Gasteiger partial charge in [-0.05, 0) is 42.7 Å². The Bertz CT molecular complexity index is 1240. The van der Waals surface area contributed by atoms with Crippen LogP contribution >= 0.6 is 11.6 Å². The molecule has 30 heavy (non-hydrogen) atoms. The van der Waals surface area contributed by atoms with Crippen LogP contribution in [-0.4, -0.2) is 32.6 Å². The van der Waals surface area contributed by atoms with Crippen LogP contribution in [0, 0.1) is 5.92 Å². The summed E-state index contributed by atoms with van der Waals surface area (Å²) >= 11 is 6.41. The van der Waals surface area contributed by atoms with E-state index in [-0.39, 0.29) is 5.97 Å². The number of methoxy groups -OCH3 is 1. The van der Waals surface area contributed by atoms with Crippen molar-refractivity contribution in [3.8, 4) is 0 Å². The molecular formula is C23H25ClN4O2. The molecule has 0 aliphatic carbocycles. The van der Waals surface area contributed by atoms with Crippen molar-refractivity contribution in [3.63, 3.8) is 0 Å². The molecule has 156 valence electrons. The van der Waals surface area contributed by atoms with Gasteiger partial charge in [-0.25, -0.2) is 4.79 Å². The van der Waals surface area contributed by atoms with Gasteiger partial charge >= 0.3 is 5.97 Å². The first kappa shape index (κ1) is 20.4. The minimum atomic E-state index is -0.346. The van der Waals surface area contributed by atoms with E-state index in [4.69, 9.17) is 21.4 Å². The van der Waals surface area contributed by atoms with Crippen molar-refractivity contribution < 1.29 is 9.53 Å². The highest BCUT2D eigenvalue weighted by Gasteiger charge is 2.16. The molecule has 0 atom stereocenters. The number of hydrogen-bond donors (Lipinski definition) is 0. The maximum Gasteiger partial charge on any atom is 0.337 e. The number of ether oxygens (including phenoxy) is 1. The average Bonchev–Trinajstić information content (AvgIpc) is 3.27. The van der Waals surface area contributed by atoms with Gasteiger partial charge in [-0.2, -0.15) is 10.2 Å². The van der Waals surface area contributed by atoms with Gasteiger partial charge in [0.25, 0.3) is 0 Å². The highest BCUT2D eigenvalue weighted by molar-refractivity contribution is 6.31. The zero-order valence-electron chi connectivity index (χ0n) is 17.6. The summed E-state index contributed by atoms with van der Waals surface area (Å²) in [6, 6.07) is 9.51. The topological polar surface area (TPSA) is 61.9 Å². The van der Waals surface area contributed by atoms with Crippen LogP contribution in [0.15, 0.2) is 36.5 Å². The number of halogens is 1. The zero-order valence-corrected chi connectivity index (χ0v) is 18.4. The molecule has 7 heteroatoms. The summed E-state index contributed by atoms with van der Waals surface area (Å²) in [5.74, 6) is 0.131. The standard InChI is InChI=1S/C23H25ClN4O2/c1-5-20-19-10-15(23(29)30-4)6-7-21(19)27(26-20)13-17-9-18(24)8-16-11-25-28(22(16)17)12-14(2)3/h6-11,14H,5,12-13H2,1-4H3. The lowest BCUT2D eigenvalue weighted by atomic mass is 10.1. The van der Waals surface area contributed by atoms with Crippen LogP contribution in [0.4, 0.5) is 0 Å². The van der Waals surface area contributed by atoms with Crippen molar-refractivity contribution in [2.45, 2.75) is 40.3 Å². The lowest BCUT2D eigenvalue weighted by molar-refractivity contribution is 0.0601. The number of benzene rings is 2. The molecule has 0 bridgehead atoms. The number of carbonyl (C=O) groups excluding carboxylic acids is 1. The number of esters is 1. The van der Waals surface area contributed by atoms with Crippen LogP contribution in [0.5, 0.6) is 0 Å². The first-order chi connectivity index (χ1) is 14.4. The Balaban J connectivity index is 1.83. The molecule has 0 radical (unpaired) electrons. The first-order valence-corrected chi connectivity index (χ1v) is 10.5. The molecule has 2 aromatic heterocycles. The molecule has 4 rings (SSSR count). The number of nitrogens with zero attached hydrogens (tertiary/aromatic N) is 4. The van der Waals surface area contributed by atoms with Crippen molar-refractivity contribution >= 4 is 39.4 Å². The summed E-state index contributed by atoms with van der Waals surface area (Å²) in [5, 5.41) is 12.1. The Morgan fingerprint density at radius 3 is 2.70 bits per heavy atom. The third kappa shape index (κ3) is 3.67. The molecular weight excluding hydrogens is 400 g/mol. The van der Waals surface area contributed by atoms with Crippen LogP contribution in [0.2, 0.25) is 5.02 Å². The SMILES string of the molecule is CCc1nn(Cc2cc(Cl)cc3cnn(CC(C)C)c23)c2ccc(C(=O)OC)cc12. The molecule has 0 saturated heterocycles. The summed E-state index contributed by atoms with van der Waals surface area (Å²) in [4.78, 5) is 12.0. The Morgan fingerprint density at radius 2 is 2.00 bits per heavy atom. The van der Waals surface area contributed by atoms with E-state index in [0.717, 1.165) is 46.0 Å². The quantitative estimate of drug-likeness (QED) is 0.404. The molecule has 0 spiro atoms. The minimum absolute atomic E-state index is 0.346. The molecule has 0 fully saturated rings. The van der Waals surface area contributed by atoms with Crippen molar-refractivity contribution in [1.29, 1.82) is 0 Å². The fraction of sp³-hybridized carbons (Fsp3) is 0.348. The fourth-order valence-corrected chi connectivity index (χ4v) is 4.17. The van der Waals surface area contributed by atoms with E-state index >= 15 is 0 Å². The van der Waals surface area contributed by atoms with Crippen LogP contribution in [0.3, 0.4) is 0 Å². The summed E-state index contributed by atoms with van der Waals surface area (Å²) in [5.41, 5.74) is 4.60. The van der Waals surface area contributed by atoms with Gasteiger partial charge in [0.15, 0.2) is 0 Å². The van der Waals surface area contributed by atoms with E-state index in [9.17, 15) is 4.79 Å². The predicted molar refractivity (Wildman–Crippen MR) is 119 cm³/mol. The second-order valence-corrected chi connectivity index (χ2v) is 8.34. The highest BCUT2D eigenvalue weighted by Crippen LogP contribution is 2.28. The van der Waals surface area contributed by atoms with Crippen molar-refractivity contribution in [2.75, 3.05) is 7.11 Å². The number of aromatic nitrogens is 4. The predicted octanol–water partition coefficient (Wildman–Crippen LogP) is 5.09. The monoisotopic (exact) mass is 424 g/mol. The van der Waals surface area contributed by atoms with Crippen LogP contribution in [0.25, 0.3) is 21.8 Å². The minimum Gasteiger partial charge on any atom is -0.465 e. The average molecular weight is 425 g/mol. The van der Waals surface area contributed by atoms with E-state index in [0.29, 0.717) is 23.0 Å². The second kappa shape index (κ2) is 8.11. The van der Waals surface area contributed by atoms with Gasteiger partial charge in [-0.1, -0.05) is 32.4 Å². The summed E-state index contributed by atoms with van der Waals surface area (Å²) in [6.45, 7) is 7.81. The Morgan fingerprint density at radius 1 is 1.20 bits per heavy atom. The maximum atomic E-state index is 12.0. The Labute approximate surface area is 180 Å². The van der Waals surface area contributed by atoms with E-state index < -0.39 is 0 Å². The maximum absolute atomic E-state index is 12.0. The van der Waals surface area contributed by atoms with Gasteiger partial charge in [0.2, 0.25) is 0 Å². The van der Waals surface area contributed by atoms with Gasteiger partial charge in [-0.3, -0.25) is 9.36 Å². The second-order valence-electron chi connectivity index (χ2n) is 7.90. The Kier molecular flexibility index (Phi) is 5.52. The number of hydrogen-bond acceptors (Lipinski definition) is 4. The lowest BCUT2D eigenvalue weighted by Crippen LogP contribution is -2.09. The lowest BCUT2D eigenvalue weighted by Gasteiger charge is -2.12. The highest BCUT2D eigenvalue weighted by atomic mass is 35.5. The van der Waals surface area contributed by atoms with E-state index in [1.165, 1.54) is 7.11 Å². The Hall–Kier alpha value is -2.86. The van der Waals surface area contributed by atoms with Gasteiger partial charge in [-0.15, -0.1) is 0 Å². The molecule has 0 aliphatic rings. The number of fused-ring (bicyclic) bond motifs is 2. The van der Waals surface area contributed by atoms with Crippen LogP contribution < -0.4 is 0 Å². The molecule has 0 aliphatic heterocycles. The van der Waals surface area contributed by atoms with Gasteiger partial charge in [0.1, 0.15) is 0 Å². The summed E-state index contributed by atoms with van der Waals surface area (Å²) < 4.78 is 8.90. The normalized spacial score (nSPS) is 11.7. The molecule has 2 aromatic carbocycles. The molecule has 6 nitrogen and oxygen atoms in total. The molecule has 4 aromatic rings. The van der Waals surface area contributed by atoms with Crippen LogP contribution in [0.1, 0.15) is 42.4 Å². The number of rotatable bonds is 6. The van der Waals surface area contributed by atoms with Crippen molar-refractivity contribution in [3.05, 3.63) is 58.4 Å². The van der Waals surface area contributed by atoms with E-state index in [1.807, 2.05) is 39.8 Å². The first-order valence-electron chi connectivity index (χ1n) is 10.1. The number of aryl methyl sites for hydroxylation is 1. The smallest absolute Gasteiger partial charge is 0.337 e. The van der Waals surface area contributed by atoms with Crippen molar-refractivity contribution in [1.82, 2.24) is 19.6 Å². The van der Waals surface area contributed by atoms with Gasteiger partial charge in [0.05, 0.1) is 42.1 Å². The summed E-state index contributed by atoms with van der Waals surface area (Å²) in [6.07, 6.45) is 2.64. The molecule has 0 saturated carbocycles. The van der Waals surface area contributed by atoms with E-state index in [1.54, 1.807) is 6.07 Å². The third-order valence-electron chi connectivity index (χ3n) is 5.22. The largest absolute Gasteiger partial charge is 0.465 e. The zero-order chi connectivity index (χ0) is 21.4. The fourth-order valence-electron chi connectivity index (χ4n) is 3.92. The summed E-state index contributed by atoms with van der Waals surface area (Å²) in [7, 11) is 1.39. The van der Waals surface area contributed by atoms with Gasteiger partial charge < -0.3 is 4.74 Å². The number of carbonyl (C=O) groups is 1. The van der Waals surface area contributed by atoms with Gasteiger partial charge in [0, 0.05) is 27.9 Å². The molecule has 0 amide bonds. The molecule has 0 N–H and O–H groups in total. The third-order valence-corrected chi connectivity index (χ3v) is 5.44. The van der Waals surface area contributed by atoms with Crippen molar-refractivity contribution in [2.24, 2.45) is 5.92 Å². The molecule has 2 heterocycles. The molecule has 0 unspecified atom stereocenters. The van der Waals surface area contributed by atoms with E-state index in [2.05, 4.69) is 25.9 Å².